The molecule has 1 fully saturated rings. The van der Waals surface area contributed by atoms with Gasteiger partial charge >= 0.3 is 0 Å². The molecule has 2 heterocycles. The molecule has 1 aliphatic heterocycles. The number of nitriles is 1. The number of piperidine rings is 1. The number of methoxy groups -OCH3 is 1. The Morgan fingerprint density at radius 2 is 1.90 bits per heavy atom. The minimum Gasteiger partial charge on any atom is -0.495 e. The first-order chi connectivity index (χ1) is 14.2. The molecule has 4 rings (SSSR count). The molecule has 0 bridgehead atoms. The number of amides is 1. The number of nitrogens with one attached hydrogen (secondary N) is 1. The highest BCUT2D eigenvalue weighted by molar-refractivity contribution is 5.96. The maximum absolute atomic E-state index is 12.8. The summed E-state index contributed by atoms with van der Waals surface area (Å²) in [7, 11) is 1.59. The first-order valence-electron chi connectivity index (χ1n) is 9.68. The van der Waals surface area contributed by atoms with Crippen LogP contribution in [0.4, 0.5) is 11.4 Å². The first-order valence-corrected chi connectivity index (χ1v) is 9.68. The Morgan fingerprint density at radius 1 is 1.17 bits per heavy atom. The normalized spacial score (nSPS) is 14.4. The smallest absolute Gasteiger partial charge is 0.227 e. The van der Waals surface area contributed by atoms with Crippen molar-refractivity contribution in [1.82, 2.24) is 4.98 Å². The van der Waals surface area contributed by atoms with E-state index in [1.54, 1.807) is 13.3 Å². The number of rotatable bonds is 4. The molecule has 1 amide bonds. The van der Waals surface area contributed by atoms with Gasteiger partial charge in [-0.2, -0.15) is 5.26 Å². The molecule has 3 aromatic rings. The van der Waals surface area contributed by atoms with Crippen LogP contribution in [0.2, 0.25) is 0 Å². The predicted octanol–water partition coefficient (Wildman–Crippen LogP) is 3.97. The highest BCUT2D eigenvalue weighted by atomic mass is 16.5. The zero-order valence-electron chi connectivity index (χ0n) is 16.3. The molecule has 0 atom stereocenters. The second-order valence-corrected chi connectivity index (χ2v) is 7.10. The van der Waals surface area contributed by atoms with Crippen LogP contribution >= 0.6 is 0 Å². The Labute approximate surface area is 169 Å². The molecule has 1 N–H and O–H groups in total. The molecule has 6 nitrogen and oxygen atoms in total. The molecule has 0 spiro atoms. The standard InChI is InChI=1S/C23H22N4O2/c1-29-21-9-5-4-8-20(21)26-23(28)16-10-12-27(13-11-16)22-17(14-24)15-25-19-7-3-2-6-18(19)22/h2-9,15-16H,10-13H2,1H3,(H,26,28). The van der Waals surface area contributed by atoms with Crippen molar-refractivity contribution < 1.29 is 9.53 Å². The summed E-state index contributed by atoms with van der Waals surface area (Å²) in [6.45, 7) is 1.43. The van der Waals surface area contributed by atoms with Crippen LogP contribution < -0.4 is 15.0 Å². The maximum atomic E-state index is 12.8. The van der Waals surface area contributed by atoms with Gasteiger partial charge < -0.3 is 15.0 Å². The van der Waals surface area contributed by atoms with Crippen molar-refractivity contribution in [2.24, 2.45) is 5.92 Å². The minimum absolute atomic E-state index is 0.00856. The highest BCUT2D eigenvalue weighted by Gasteiger charge is 2.27. The first kappa shape index (κ1) is 18.8. The summed E-state index contributed by atoms with van der Waals surface area (Å²) in [5.74, 6) is 0.587. The molecule has 0 aliphatic carbocycles. The van der Waals surface area contributed by atoms with E-state index in [9.17, 15) is 10.1 Å². The number of pyridine rings is 1. The van der Waals surface area contributed by atoms with Gasteiger partial charge in [0.05, 0.1) is 29.6 Å². The van der Waals surface area contributed by atoms with Gasteiger partial charge in [-0.1, -0.05) is 30.3 Å². The summed E-state index contributed by atoms with van der Waals surface area (Å²) < 4.78 is 5.32. The summed E-state index contributed by atoms with van der Waals surface area (Å²) in [6, 6.07) is 17.5. The lowest BCUT2D eigenvalue weighted by atomic mass is 9.94. The van der Waals surface area contributed by atoms with E-state index in [0.717, 1.165) is 29.4 Å². The molecule has 1 aliphatic rings. The zero-order chi connectivity index (χ0) is 20.2. The van der Waals surface area contributed by atoms with Gasteiger partial charge in [0.2, 0.25) is 5.91 Å². The SMILES string of the molecule is COc1ccccc1NC(=O)C1CCN(c2c(C#N)cnc3ccccc23)CC1. The van der Waals surface area contributed by atoms with Gasteiger partial charge in [0, 0.05) is 30.6 Å². The molecule has 2 aromatic carbocycles. The maximum Gasteiger partial charge on any atom is 0.227 e. The molecule has 6 heteroatoms. The number of benzene rings is 2. The summed E-state index contributed by atoms with van der Waals surface area (Å²) in [5.41, 5.74) is 3.05. The van der Waals surface area contributed by atoms with Crippen molar-refractivity contribution in [3.8, 4) is 11.8 Å². The fourth-order valence-corrected chi connectivity index (χ4v) is 3.90. The second kappa shape index (κ2) is 8.19. The fourth-order valence-electron chi connectivity index (χ4n) is 3.90. The Kier molecular flexibility index (Phi) is 5.30. The number of ether oxygens (including phenoxy) is 1. The van der Waals surface area contributed by atoms with E-state index in [2.05, 4.69) is 21.3 Å². The van der Waals surface area contributed by atoms with Crippen LogP contribution in [-0.2, 0) is 4.79 Å². The van der Waals surface area contributed by atoms with Crippen molar-refractivity contribution >= 4 is 28.2 Å². The topological polar surface area (TPSA) is 78.2 Å². The summed E-state index contributed by atoms with van der Waals surface area (Å²) in [4.78, 5) is 19.4. The molecular formula is C23H22N4O2. The summed E-state index contributed by atoms with van der Waals surface area (Å²) in [6.07, 6.45) is 3.09. The second-order valence-electron chi connectivity index (χ2n) is 7.10. The number of anilines is 2. The molecule has 0 unspecified atom stereocenters. The van der Waals surface area contributed by atoms with Gasteiger partial charge in [-0.3, -0.25) is 9.78 Å². The van der Waals surface area contributed by atoms with E-state index >= 15 is 0 Å². The zero-order valence-corrected chi connectivity index (χ0v) is 16.3. The van der Waals surface area contributed by atoms with E-state index in [4.69, 9.17) is 4.74 Å². The summed E-state index contributed by atoms with van der Waals surface area (Å²) >= 11 is 0. The molecule has 0 saturated carbocycles. The lowest BCUT2D eigenvalue weighted by molar-refractivity contribution is -0.120. The number of aromatic nitrogens is 1. The Morgan fingerprint density at radius 3 is 2.66 bits per heavy atom. The van der Waals surface area contributed by atoms with E-state index in [1.165, 1.54) is 0 Å². The van der Waals surface area contributed by atoms with E-state index < -0.39 is 0 Å². The van der Waals surface area contributed by atoms with Crippen LogP contribution in [0.25, 0.3) is 10.9 Å². The number of carbonyl (C=O) groups is 1. The minimum atomic E-state index is -0.0743. The average Bonchev–Trinajstić information content (AvgIpc) is 2.78. The number of hydrogen-bond acceptors (Lipinski definition) is 5. The van der Waals surface area contributed by atoms with Gasteiger partial charge in [0.1, 0.15) is 11.8 Å². The van der Waals surface area contributed by atoms with Crippen molar-refractivity contribution in [2.45, 2.75) is 12.8 Å². The lowest BCUT2D eigenvalue weighted by Crippen LogP contribution is -2.38. The number of fused-ring (bicyclic) bond motifs is 1. The van der Waals surface area contributed by atoms with Crippen LogP contribution in [-0.4, -0.2) is 31.1 Å². The predicted molar refractivity (Wildman–Crippen MR) is 113 cm³/mol. The lowest BCUT2D eigenvalue weighted by Gasteiger charge is -2.34. The Bertz CT molecular complexity index is 1080. The van der Waals surface area contributed by atoms with E-state index in [-0.39, 0.29) is 11.8 Å². The number of carbonyl (C=O) groups excluding carboxylic acids is 1. The van der Waals surface area contributed by atoms with Crippen molar-refractivity contribution in [3.05, 3.63) is 60.3 Å². The van der Waals surface area contributed by atoms with Crippen molar-refractivity contribution in [1.29, 1.82) is 5.26 Å². The van der Waals surface area contributed by atoms with Crippen LogP contribution in [0.5, 0.6) is 5.75 Å². The Hall–Kier alpha value is -3.59. The van der Waals surface area contributed by atoms with Gasteiger partial charge in [0.25, 0.3) is 0 Å². The average molecular weight is 386 g/mol. The summed E-state index contributed by atoms with van der Waals surface area (Å²) in [5, 5.41) is 13.5. The third-order valence-electron chi connectivity index (χ3n) is 5.41. The van der Waals surface area contributed by atoms with E-state index in [1.807, 2.05) is 48.5 Å². The number of para-hydroxylation sites is 3. The monoisotopic (exact) mass is 386 g/mol. The van der Waals surface area contributed by atoms with Gasteiger partial charge in [-0.25, -0.2) is 0 Å². The largest absolute Gasteiger partial charge is 0.495 e. The quantitative estimate of drug-likeness (QED) is 0.734. The van der Waals surface area contributed by atoms with Gasteiger partial charge in [-0.05, 0) is 31.0 Å². The highest BCUT2D eigenvalue weighted by Crippen LogP contribution is 2.33. The van der Waals surface area contributed by atoms with Gasteiger partial charge in [0.15, 0.2) is 0 Å². The molecule has 29 heavy (non-hydrogen) atoms. The molecule has 1 aromatic heterocycles. The molecular weight excluding hydrogens is 364 g/mol. The Balaban J connectivity index is 1.50. The molecule has 1 saturated heterocycles. The van der Waals surface area contributed by atoms with Crippen LogP contribution in [0.1, 0.15) is 18.4 Å². The third kappa shape index (κ3) is 3.72. The fraction of sp³-hybridized carbons (Fsp3) is 0.261. The van der Waals surface area contributed by atoms with Gasteiger partial charge in [-0.15, -0.1) is 0 Å². The van der Waals surface area contributed by atoms with E-state index in [0.29, 0.717) is 30.1 Å². The molecule has 0 radical (unpaired) electrons. The van der Waals surface area contributed by atoms with Crippen molar-refractivity contribution in [2.75, 3.05) is 30.4 Å². The van der Waals surface area contributed by atoms with Crippen LogP contribution in [0.3, 0.4) is 0 Å². The number of hydrogen-bond donors (Lipinski definition) is 1. The number of nitrogens with zero attached hydrogens (tertiary/aromatic N) is 3. The molecule has 146 valence electrons. The third-order valence-corrected chi connectivity index (χ3v) is 5.41. The van der Waals surface area contributed by atoms with Crippen LogP contribution in [0, 0.1) is 17.2 Å². The van der Waals surface area contributed by atoms with Crippen LogP contribution in [0.15, 0.2) is 54.7 Å². The van der Waals surface area contributed by atoms with Crippen molar-refractivity contribution in [3.63, 3.8) is 0 Å².